The third kappa shape index (κ3) is 5.27. The van der Waals surface area contributed by atoms with Crippen LogP contribution in [0.3, 0.4) is 0 Å². The molecule has 0 radical (unpaired) electrons. The lowest BCUT2D eigenvalue weighted by molar-refractivity contribution is -0.117. The van der Waals surface area contributed by atoms with Crippen molar-refractivity contribution in [3.05, 3.63) is 11.8 Å². The highest BCUT2D eigenvalue weighted by molar-refractivity contribution is 8.02. The third-order valence-corrected chi connectivity index (χ3v) is 5.88. The second-order valence-corrected chi connectivity index (χ2v) is 9.95. The maximum absolute atomic E-state index is 12.6. The molecule has 0 aromatic carbocycles. The first kappa shape index (κ1) is 18.4. The van der Waals surface area contributed by atoms with Gasteiger partial charge in [-0.05, 0) is 26.7 Å². The molecule has 0 atom stereocenters. The standard InChI is InChI=1S/C18H30N2O2S/c1-17(2,3)14-12-15(20-22-14)19-16(21)18(4,5)23-13-10-8-6-7-9-11-13/h12-13H,6-11H2,1-5H3,(H,19,20,21). The molecule has 2 rings (SSSR count). The predicted octanol–water partition coefficient (Wildman–Crippen LogP) is 5.15. The van der Waals surface area contributed by atoms with Crippen LogP contribution < -0.4 is 5.32 Å². The Morgan fingerprint density at radius 3 is 2.30 bits per heavy atom. The van der Waals surface area contributed by atoms with Gasteiger partial charge in [0, 0.05) is 16.7 Å². The van der Waals surface area contributed by atoms with Gasteiger partial charge in [0.15, 0.2) is 5.82 Å². The Kier molecular flexibility index (Phi) is 5.82. The number of nitrogens with zero attached hydrogens (tertiary/aromatic N) is 1. The van der Waals surface area contributed by atoms with E-state index in [1.807, 2.05) is 19.9 Å². The summed E-state index contributed by atoms with van der Waals surface area (Å²) in [5.41, 5.74) is -0.111. The van der Waals surface area contributed by atoms with Crippen molar-refractivity contribution in [3.63, 3.8) is 0 Å². The molecule has 0 saturated heterocycles. The molecule has 23 heavy (non-hydrogen) atoms. The summed E-state index contributed by atoms with van der Waals surface area (Å²) in [7, 11) is 0. The van der Waals surface area contributed by atoms with E-state index in [9.17, 15) is 4.79 Å². The van der Waals surface area contributed by atoms with E-state index in [1.165, 1.54) is 38.5 Å². The van der Waals surface area contributed by atoms with Gasteiger partial charge in [0.1, 0.15) is 5.76 Å². The van der Waals surface area contributed by atoms with Crippen molar-refractivity contribution in [2.75, 3.05) is 5.32 Å². The minimum atomic E-state index is -0.462. The van der Waals surface area contributed by atoms with Crippen LogP contribution in [0.2, 0.25) is 0 Å². The molecular weight excluding hydrogens is 308 g/mol. The molecule has 1 N–H and O–H groups in total. The van der Waals surface area contributed by atoms with Gasteiger partial charge in [-0.2, -0.15) is 0 Å². The number of anilines is 1. The number of rotatable bonds is 4. The van der Waals surface area contributed by atoms with Gasteiger partial charge in [0.05, 0.1) is 4.75 Å². The minimum absolute atomic E-state index is 0.000469. The van der Waals surface area contributed by atoms with Gasteiger partial charge in [-0.3, -0.25) is 4.79 Å². The van der Waals surface area contributed by atoms with E-state index in [0.717, 1.165) is 5.76 Å². The summed E-state index contributed by atoms with van der Waals surface area (Å²) in [6.07, 6.45) is 7.68. The number of carbonyl (C=O) groups excluding carboxylic acids is 1. The molecule has 1 aromatic heterocycles. The molecule has 1 aliphatic rings. The fourth-order valence-corrected chi connectivity index (χ4v) is 4.34. The average molecular weight is 339 g/mol. The first-order valence-corrected chi connectivity index (χ1v) is 9.53. The smallest absolute Gasteiger partial charge is 0.241 e. The highest BCUT2D eigenvalue weighted by Crippen LogP contribution is 2.37. The Hall–Kier alpha value is -0.970. The molecule has 1 aliphatic carbocycles. The Morgan fingerprint density at radius 1 is 1.17 bits per heavy atom. The summed E-state index contributed by atoms with van der Waals surface area (Å²) in [6.45, 7) is 10.2. The lowest BCUT2D eigenvalue weighted by Gasteiger charge is -2.27. The van der Waals surface area contributed by atoms with Crippen LogP contribution >= 0.6 is 11.8 Å². The molecule has 1 saturated carbocycles. The molecule has 130 valence electrons. The Bertz CT molecular complexity index is 523. The summed E-state index contributed by atoms with van der Waals surface area (Å²) in [4.78, 5) is 12.6. The van der Waals surface area contributed by atoms with Gasteiger partial charge in [-0.1, -0.05) is 51.6 Å². The molecule has 0 spiro atoms. The quantitative estimate of drug-likeness (QED) is 0.772. The molecule has 1 aromatic rings. The molecule has 1 heterocycles. The normalized spacial score (nSPS) is 17.8. The summed E-state index contributed by atoms with van der Waals surface area (Å²) < 4.78 is 4.88. The van der Waals surface area contributed by atoms with Crippen LogP contribution in [-0.2, 0) is 10.2 Å². The SMILES string of the molecule is CC(C)(SC1CCCCCC1)C(=O)Nc1cc(C(C)(C)C)on1. The maximum Gasteiger partial charge on any atom is 0.241 e. The van der Waals surface area contributed by atoms with Crippen LogP contribution in [0.15, 0.2) is 10.6 Å². The van der Waals surface area contributed by atoms with Gasteiger partial charge in [0.2, 0.25) is 5.91 Å². The van der Waals surface area contributed by atoms with Crippen molar-refractivity contribution in [2.45, 2.75) is 88.6 Å². The van der Waals surface area contributed by atoms with Crippen molar-refractivity contribution < 1.29 is 9.32 Å². The summed E-state index contributed by atoms with van der Waals surface area (Å²) in [5.74, 6) is 1.29. The maximum atomic E-state index is 12.6. The van der Waals surface area contributed by atoms with Crippen molar-refractivity contribution in [2.24, 2.45) is 0 Å². The van der Waals surface area contributed by atoms with E-state index < -0.39 is 4.75 Å². The molecule has 1 fully saturated rings. The Balaban J connectivity index is 1.96. The van der Waals surface area contributed by atoms with Crippen LogP contribution in [0.5, 0.6) is 0 Å². The Labute approximate surface area is 144 Å². The van der Waals surface area contributed by atoms with E-state index in [-0.39, 0.29) is 11.3 Å². The van der Waals surface area contributed by atoms with Crippen molar-refractivity contribution >= 4 is 23.5 Å². The highest BCUT2D eigenvalue weighted by atomic mass is 32.2. The monoisotopic (exact) mass is 338 g/mol. The van der Waals surface area contributed by atoms with Crippen LogP contribution in [0.4, 0.5) is 5.82 Å². The molecule has 0 bridgehead atoms. The summed E-state index contributed by atoms with van der Waals surface area (Å²) >= 11 is 1.81. The van der Waals surface area contributed by atoms with E-state index in [4.69, 9.17) is 4.52 Å². The third-order valence-electron chi connectivity index (χ3n) is 4.30. The summed E-state index contributed by atoms with van der Waals surface area (Å²) in [6, 6.07) is 1.82. The van der Waals surface area contributed by atoms with Gasteiger partial charge in [-0.25, -0.2) is 0 Å². The van der Waals surface area contributed by atoms with E-state index in [0.29, 0.717) is 11.1 Å². The van der Waals surface area contributed by atoms with E-state index in [2.05, 4.69) is 31.2 Å². The predicted molar refractivity (Wildman–Crippen MR) is 97.0 cm³/mol. The second-order valence-electron chi connectivity index (χ2n) is 8.02. The zero-order valence-corrected chi connectivity index (χ0v) is 15.9. The molecule has 1 amide bonds. The van der Waals surface area contributed by atoms with Gasteiger partial charge >= 0.3 is 0 Å². The van der Waals surface area contributed by atoms with Crippen molar-refractivity contribution in [3.8, 4) is 0 Å². The molecule has 0 aliphatic heterocycles. The highest BCUT2D eigenvalue weighted by Gasteiger charge is 2.33. The van der Waals surface area contributed by atoms with E-state index in [1.54, 1.807) is 11.8 Å². The van der Waals surface area contributed by atoms with Crippen LogP contribution in [0.25, 0.3) is 0 Å². The van der Waals surface area contributed by atoms with Crippen LogP contribution in [0.1, 0.15) is 78.9 Å². The zero-order chi connectivity index (χ0) is 17.1. The average Bonchev–Trinajstić information content (AvgIpc) is 2.77. The lowest BCUT2D eigenvalue weighted by Crippen LogP contribution is -2.36. The minimum Gasteiger partial charge on any atom is -0.359 e. The number of hydrogen-bond acceptors (Lipinski definition) is 4. The van der Waals surface area contributed by atoms with Crippen molar-refractivity contribution in [1.29, 1.82) is 0 Å². The largest absolute Gasteiger partial charge is 0.359 e. The fraction of sp³-hybridized carbons (Fsp3) is 0.778. The van der Waals surface area contributed by atoms with Crippen molar-refractivity contribution in [1.82, 2.24) is 5.16 Å². The van der Waals surface area contributed by atoms with Gasteiger partial charge in [-0.15, -0.1) is 11.8 Å². The number of thioether (sulfide) groups is 1. The zero-order valence-electron chi connectivity index (χ0n) is 15.1. The van der Waals surface area contributed by atoms with E-state index >= 15 is 0 Å². The van der Waals surface area contributed by atoms with Gasteiger partial charge < -0.3 is 9.84 Å². The van der Waals surface area contributed by atoms with Crippen LogP contribution in [-0.4, -0.2) is 21.1 Å². The number of carbonyl (C=O) groups is 1. The Morgan fingerprint density at radius 2 is 1.78 bits per heavy atom. The fourth-order valence-electron chi connectivity index (χ4n) is 2.78. The molecule has 4 nitrogen and oxygen atoms in total. The number of nitrogens with one attached hydrogen (secondary N) is 1. The first-order chi connectivity index (χ1) is 10.7. The molecule has 0 unspecified atom stereocenters. The lowest BCUT2D eigenvalue weighted by atomic mass is 9.93. The number of hydrogen-bond donors (Lipinski definition) is 1. The topological polar surface area (TPSA) is 55.1 Å². The number of aromatic nitrogens is 1. The van der Waals surface area contributed by atoms with Crippen LogP contribution in [0, 0.1) is 0 Å². The molecular formula is C18H30N2O2S. The molecule has 5 heteroatoms. The van der Waals surface area contributed by atoms with Gasteiger partial charge in [0.25, 0.3) is 0 Å². The second kappa shape index (κ2) is 7.29. The summed E-state index contributed by atoms with van der Waals surface area (Å²) in [5, 5.41) is 7.48. The first-order valence-electron chi connectivity index (χ1n) is 8.65. The number of amides is 1.